The van der Waals surface area contributed by atoms with E-state index in [9.17, 15) is 0 Å². The Hall–Kier alpha value is -0.830. The molecule has 3 heteroatoms. The maximum Gasteiger partial charge on any atom is 0.120 e. The van der Waals surface area contributed by atoms with E-state index in [1.54, 1.807) is 0 Å². The van der Waals surface area contributed by atoms with Crippen LogP contribution in [0.5, 0.6) is 0 Å². The largest absolute Gasteiger partial charge is 0.341 e. The first-order valence-corrected chi connectivity index (χ1v) is 4.77. The number of H-pyrrole nitrogens is 1. The predicted molar refractivity (Wildman–Crippen MR) is 53.4 cm³/mol. The lowest BCUT2D eigenvalue weighted by Gasteiger charge is -1.93. The average Bonchev–Trinajstić information content (AvgIpc) is 2.46. The molecule has 1 aromatic heterocycles. The number of aromatic nitrogens is 2. The zero-order valence-electron chi connectivity index (χ0n) is 6.71. The number of nitrogens with zero attached hydrogens (tertiary/aromatic N) is 1. The monoisotopic (exact) mass is 224 g/mol. The van der Waals surface area contributed by atoms with E-state index in [-0.39, 0.29) is 4.83 Å². The number of hydrogen-bond donors (Lipinski definition) is 1. The van der Waals surface area contributed by atoms with E-state index in [0.29, 0.717) is 0 Å². The molecule has 0 fully saturated rings. The SMILES string of the molecule is CC(Br)c1nc2ccccc2[nH]1. The number of imidazole rings is 1. The third kappa shape index (κ3) is 1.25. The van der Waals surface area contributed by atoms with E-state index in [0.717, 1.165) is 16.9 Å². The van der Waals surface area contributed by atoms with Crippen LogP contribution in [-0.2, 0) is 0 Å². The first-order chi connectivity index (χ1) is 5.77. The van der Waals surface area contributed by atoms with Crippen LogP contribution < -0.4 is 0 Å². The van der Waals surface area contributed by atoms with E-state index in [1.165, 1.54) is 0 Å². The molecule has 0 spiro atoms. The van der Waals surface area contributed by atoms with E-state index in [1.807, 2.05) is 24.3 Å². The van der Waals surface area contributed by atoms with Gasteiger partial charge < -0.3 is 4.98 Å². The summed E-state index contributed by atoms with van der Waals surface area (Å²) in [6.45, 7) is 2.05. The molecule has 0 amide bonds. The second-order valence-corrected chi connectivity index (χ2v) is 4.13. The molecule has 2 aromatic rings. The third-order valence-electron chi connectivity index (χ3n) is 1.78. The first kappa shape index (κ1) is 7.80. The molecule has 0 bridgehead atoms. The number of nitrogens with one attached hydrogen (secondary N) is 1. The summed E-state index contributed by atoms with van der Waals surface area (Å²) in [7, 11) is 0. The molecule has 0 aliphatic rings. The highest BCUT2D eigenvalue weighted by atomic mass is 79.9. The Balaban J connectivity index is 2.62. The number of alkyl halides is 1. The Morgan fingerprint density at radius 2 is 2.17 bits per heavy atom. The van der Waals surface area contributed by atoms with E-state index in [2.05, 4.69) is 32.8 Å². The van der Waals surface area contributed by atoms with Crippen molar-refractivity contribution in [3.63, 3.8) is 0 Å². The van der Waals surface area contributed by atoms with E-state index >= 15 is 0 Å². The fourth-order valence-corrected chi connectivity index (χ4v) is 1.38. The standard InChI is InChI=1S/C9H9BrN2/c1-6(10)9-11-7-4-2-3-5-8(7)12-9/h2-6H,1H3,(H,11,12). The highest BCUT2D eigenvalue weighted by molar-refractivity contribution is 9.09. The second kappa shape index (κ2) is 2.90. The molecule has 2 nitrogen and oxygen atoms in total. The quantitative estimate of drug-likeness (QED) is 0.742. The number of fused-ring (bicyclic) bond motifs is 1. The lowest BCUT2D eigenvalue weighted by Crippen LogP contribution is -1.84. The summed E-state index contributed by atoms with van der Waals surface area (Å²) in [5.74, 6) is 0.983. The summed E-state index contributed by atoms with van der Waals surface area (Å²) < 4.78 is 0. The summed E-state index contributed by atoms with van der Waals surface area (Å²) in [5, 5.41) is 0. The number of para-hydroxylation sites is 2. The number of halogens is 1. The van der Waals surface area contributed by atoms with Gasteiger partial charge in [-0.2, -0.15) is 0 Å². The van der Waals surface area contributed by atoms with Crippen LogP contribution in [0.3, 0.4) is 0 Å². The van der Waals surface area contributed by atoms with Gasteiger partial charge in [-0.05, 0) is 19.1 Å². The predicted octanol–water partition coefficient (Wildman–Crippen LogP) is 3.02. The van der Waals surface area contributed by atoms with Gasteiger partial charge in [0.25, 0.3) is 0 Å². The Morgan fingerprint density at radius 3 is 2.83 bits per heavy atom. The molecule has 12 heavy (non-hydrogen) atoms. The summed E-state index contributed by atoms with van der Waals surface area (Å²) >= 11 is 3.47. The van der Waals surface area contributed by atoms with Crippen molar-refractivity contribution in [2.75, 3.05) is 0 Å². The van der Waals surface area contributed by atoms with Gasteiger partial charge in [-0.15, -0.1) is 0 Å². The molecule has 2 rings (SSSR count). The Bertz CT molecular complexity index is 359. The minimum absolute atomic E-state index is 0.282. The maximum atomic E-state index is 4.41. The number of rotatable bonds is 1. The van der Waals surface area contributed by atoms with Gasteiger partial charge in [0, 0.05) is 0 Å². The molecular weight excluding hydrogens is 216 g/mol. The van der Waals surface area contributed by atoms with Gasteiger partial charge in [-0.25, -0.2) is 4.98 Å². The van der Waals surface area contributed by atoms with Crippen LogP contribution in [0.4, 0.5) is 0 Å². The van der Waals surface area contributed by atoms with Crippen LogP contribution in [0.25, 0.3) is 11.0 Å². The van der Waals surface area contributed by atoms with Gasteiger partial charge in [0.2, 0.25) is 0 Å². The van der Waals surface area contributed by atoms with E-state index in [4.69, 9.17) is 0 Å². The van der Waals surface area contributed by atoms with Crippen molar-refractivity contribution in [1.29, 1.82) is 0 Å². The van der Waals surface area contributed by atoms with Crippen LogP contribution in [0.2, 0.25) is 0 Å². The Morgan fingerprint density at radius 1 is 1.42 bits per heavy atom. The van der Waals surface area contributed by atoms with Crippen molar-refractivity contribution in [2.24, 2.45) is 0 Å². The molecule has 0 saturated heterocycles. The molecule has 0 aliphatic heterocycles. The molecule has 0 saturated carbocycles. The number of hydrogen-bond acceptors (Lipinski definition) is 1. The van der Waals surface area contributed by atoms with Gasteiger partial charge in [-0.3, -0.25) is 0 Å². The van der Waals surface area contributed by atoms with Crippen LogP contribution in [0.1, 0.15) is 17.6 Å². The first-order valence-electron chi connectivity index (χ1n) is 3.86. The number of benzene rings is 1. The van der Waals surface area contributed by atoms with Crippen molar-refractivity contribution < 1.29 is 0 Å². The smallest absolute Gasteiger partial charge is 0.120 e. The fourth-order valence-electron chi connectivity index (χ4n) is 1.16. The molecule has 1 heterocycles. The average molecular weight is 225 g/mol. The van der Waals surface area contributed by atoms with Crippen molar-refractivity contribution >= 4 is 27.0 Å². The van der Waals surface area contributed by atoms with Crippen molar-refractivity contribution in [2.45, 2.75) is 11.8 Å². The van der Waals surface area contributed by atoms with Crippen LogP contribution in [0.15, 0.2) is 24.3 Å². The molecule has 1 N–H and O–H groups in total. The van der Waals surface area contributed by atoms with Crippen LogP contribution >= 0.6 is 15.9 Å². The van der Waals surface area contributed by atoms with Crippen LogP contribution in [-0.4, -0.2) is 9.97 Å². The summed E-state index contributed by atoms with van der Waals surface area (Å²) in [5.41, 5.74) is 2.12. The Labute approximate surface area is 79.1 Å². The fraction of sp³-hybridized carbons (Fsp3) is 0.222. The molecule has 62 valence electrons. The molecule has 1 atom stereocenters. The zero-order chi connectivity index (χ0) is 8.55. The zero-order valence-corrected chi connectivity index (χ0v) is 8.30. The molecule has 0 radical (unpaired) electrons. The lowest BCUT2D eigenvalue weighted by molar-refractivity contribution is 0.990. The highest BCUT2D eigenvalue weighted by Crippen LogP contribution is 2.21. The topological polar surface area (TPSA) is 28.7 Å². The Kier molecular flexibility index (Phi) is 1.89. The van der Waals surface area contributed by atoms with Gasteiger partial charge in [0.1, 0.15) is 5.82 Å². The maximum absolute atomic E-state index is 4.41. The third-order valence-corrected chi connectivity index (χ3v) is 2.22. The van der Waals surface area contributed by atoms with Gasteiger partial charge in [-0.1, -0.05) is 28.1 Å². The van der Waals surface area contributed by atoms with Crippen molar-refractivity contribution in [3.8, 4) is 0 Å². The molecule has 1 aromatic carbocycles. The minimum Gasteiger partial charge on any atom is -0.341 e. The lowest BCUT2D eigenvalue weighted by atomic mass is 10.3. The van der Waals surface area contributed by atoms with Crippen molar-refractivity contribution in [1.82, 2.24) is 9.97 Å². The highest BCUT2D eigenvalue weighted by Gasteiger charge is 2.05. The summed E-state index contributed by atoms with van der Waals surface area (Å²) in [6.07, 6.45) is 0. The number of aromatic amines is 1. The van der Waals surface area contributed by atoms with Crippen LogP contribution in [0, 0.1) is 0 Å². The second-order valence-electron chi connectivity index (χ2n) is 2.76. The summed E-state index contributed by atoms with van der Waals surface area (Å²) in [6, 6.07) is 8.03. The van der Waals surface area contributed by atoms with Gasteiger partial charge >= 0.3 is 0 Å². The normalized spacial score (nSPS) is 13.5. The minimum atomic E-state index is 0.282. The van der Waals surface area contributed by atoms with Crippen molar-refractivity contribution in [3.05, 3.63) is 30.1 Å². The molecular formula is C9H9BrN2. The molecule has 1 unspecified atom stereocenters. The van der Waals surface area contributed by atoms with Gasteiger partial charge in [0.05, 0.1) is 15.9 Å². The molecule has 0 aliphatic carbocycles. The van der Waals surface area contributed by atoms with Gasteiger partial charge in [0.15, 0.2) is 0 Å². The summed E-state index contributed by atoms with van der Waals surface area (Å²) in [4.78, 5) is 7.93. The van der Waals surface area contributed by atoms with E-state index < -0.39 is 0 Å².